The number of carbonyl (C=O) groups excluding carboxylic acids is 4. The zero-order valence-corrected chi connectivity index (χ0v) is 29.2. The van der Waals surface area contributed by atoms with Gasteiger partial charge in [0.25, 0.3) is 0 Å². The van der Waals surface area contributed by atoms with Crippen molar-refractivity contribution in [3.63, 3.8) is 0 Å². The molecular weight excluding hydrogens is 620 g/mol. The Balaban J connectivity index is 1.34. The van der Waals surface area contributed by atoms with Crippen LogP contribution in [0.2, 0.25) is 0 Å². The van der Waals surface area contributed by atoms with E-state index in [-0.39, 0.29) is 61.5 Å². The van der Waals surface area contributed by atoms with Gasteiger partial charge in [-0.1, -0.05) is 41.5 Å². The maximum absolute atomic E-state index is 15.3. The molecule has 2 saturated heterocycles. The second kappa shape index (κ2) is 10.7. The summed E-state index contributed by atoms with van der Waals surface area (Å²) in [6.45, 7) is 14.4. The van der Waals surface area contributed by atoms with Gasteiger partial charge in [0, 0.05) is 66.6 Å². The minimum absolute atomic E-state index is 0.0751. The molecule has 1 aromatic heterocycles. The molecule has 1 spiro atoms. The molecule has 2 aliphatic heterocycles. The fraction of sp³-hybridized carbons (Fsp3) is 0.784. The van der Waals surface area contributed by atoms with Crippen molar-refractivity contribution in [2.45, 2.75) is 129 Å². The summed E-state index contributed by atoms with van der Waals surface area (Å²) < 4.78 is 30.8. The minimum Gasteiger partial charge on any atom is -0.469 e. The number of Topliss-reactive ketones (excluding diaryl/α,β-unsaturated/α-hetero) is 2. The highest BCUT2D eigenvalue weighted by Crippen LogP contribution is 2.82. The fourth-order valence-electron chi connectivity index (χ4n) is 11.9. The lowest BCUT2D eigenvalue weighted by Gasteiger charge is -2.72. The largest absolute Gasteiger partial charge is 0.469 e. The van der Waals surface area contributed by atoms with Crippen LogP contribution < -0.4 is 0 Å². The van der Waals surface area contributed by atoms with E-state index in [4.69, 9.17) is 23.4 Å². The number of epoxide rings is 1. The number of rotatable bonds is 7. The molecule has 0 aromatic carbocycles. The van der Waals surface area contributed by atoms with E-state index < -0.39 is 75.5 Å². The van der Waals surface area contributed by atoms with E-state index in [0.717, 1.165) is 5.56 Å². The first-order valence-electron chi connectivity index (χ1n) is 17.5. The van der Waals surface area contributed by atoms with Gasteiger partial charge in [0.05, 0.1) is 43.2 Å². The zero-order chi connectivity index (χ0) is 34.9. The Bertz CT molecular complexity index is 1550. The van der Waals surface area contributed by atoms with Crippen molar-refractivity contribution in [1.82, 2.24) is 0 Å². The quantitative estimate of drug-likeness (QED) is 0.320. The van der Waals surface area contributed by atoms with E-state index in [0.29, 0.717) is 18.6 Å². The predicted octanol–water partition coefficient (Wildman–Crippen LogP) is 3.87. The molecule has 0 radical (unpaired) electrons. The van der Waals surface area contributed by atoms with Gasteiger partial charge < -0.3 is 33.6 Å². The Morgan fingerprint density at radius 1 is 0.958 bits per heavy atom. The summed E-state index contributed by atoms with van der Waals surface area (Å²) >= 11 is 0. The Hall–Kier alpha value is -2.60. The first kappa shape index (κ1) is 33.9. The summed E-state index contributed by atoms with van der Waals surface area (Å²) in [7, 11) is 0. The van der Waals surface area contributed by atoms with Crippen molar-refractivity contribution < 1.29 is 52.8 Å². The lowest BCUT2D eigenvalue weighted by Crippen LogP contribution is -2.81. The third-order valence-electron chi connectivity index (χ3n) is 14.1. The third kappa shape index (κ3) is 4.02. The van der Waals surface area contributed by atoms with Gasteiger partial charge in [-0.05, 0) is 30.4 Å². The lowest BCUT2D eigenvalue weighted by molar-refractivity contribution is -0.328. The molecule has 11 heteroatoms. The molecule has 2 N–H and O–H groups in total. The van der Waals surface area contributed by atoms with Crippen LogP contribution in [0.3, 0.4) is 0 Å². The highest BCUT2D eigenvalue weighted by molar-refractivity contribution is 5.93. The van der Waals surface area contributed by atoms with Gasteiger partial charge in [0.1, 0.15) is 23.2 Å². The van der Waals surface area contributed by atoms with E-state index in [9.17, 15) is 24.6 Å². The van der Waals surface area contributed by atoms with Gasteiger partial charge in [-0.3, -0.25) is 19.2 Å². The van der Waals surface area contributed by atoms with Crippen LogP contribution in [0.15, 0.2) is 16.7 Å². The van der Waals surface area contributed by atoms with Crippen LogP contribution in [0.4, 0.5) is 0 Å². The smallest absolute Gasteiger partial charge is 0.303 e. The van der Waals surface area contributed by atoms with Crippen LogP contribution in [0.25, 0.3) is 0 Å². The number of fused-ring (bicyclic) bond motifs is 1. The maximum Gasteiger partial charge on any atom is 0.303 e. The molecule has 4 saturated carbocycles. The van der Waals surface area contributed by atoms with Crippen LogP contribution in [-0.4, -0.2) is 83.1 Å². The van der Waals surface area contributed by atoms with Crippen molar-refractivity contribution in [3.05, 3.63) is 23.7 Å². The minimum atomic E-state index is -1.24. The molecule has 48 heavy (non-hydrogen) atoms. The molecule has 3 heterocycles. The summed E-state index contributed by atoms with van der Waals surface area (Å²) in [5.74, 6) is -2.60. The Morgan fingerprint density at radius 2 is 1.65 bits per heavy atom. The van der Waals surface area contributed by atoms with Gasteiger partial charge >= 0.3 is 11.9 Å². The Morgan fingerprint density at radius 3 is 2.29 bits per heavy atom. The number of aliphatic hydroxyl groups is 2. The Kier molecular flexibility index (Phi) is 7.55. The zero-order valence-electron chi connectivity index (χ0n) is 29.2. The van der Waals surface area contributed by atoms with E-state index >= 15 is 4.79 Å². The van der Waals surface area contributed by atoms with Crippen molar-refractivity contribution in [2.75, 3.05) is 13.2 Å². The second-order valence-corrected chi connectivity index (χ2v) is 16.8. The molecule has 1 unspecified atom stereocenters. The first-order valence-corrected chi connectivity index (χ1v) is 17.5. The van der Waals surface area contributed by atoms with Gasteiger partial charge in [0.2, 0.25) is 0 Å². The summed E-state index contributed by atoms with van der Waals surface area (Å²) in [6.07, 6.45) is -1.47. The number of furan rings is 1. The number of carbonyl (C=O) groups is 4. The summed E-state index contributed by atoms with van der Waals surface area (Å²) in [6, 6.07) is 1.95. The summed E-state index contributed by atoms with van der Waals surface area (Å²) in [5, 5.41) is 24.5. The van der Waals surface area contributed by atoms with Crippen LogP contribution in [0, 0.1) is 39.4 Å². The third-order valence-corrected chi connectivity index (χ3v) is 14.1. The van der Waals surface area contributed by atoms with E-state index in [2.05, 4.69) is 0 Å². The molecule has 2 bridgehead atoms. The number of ether oxygens (including phenoxy) is 4. The molecule has 11 nitrogen and oxygen atoms in total. The molecular formula is C37H50O11. The molecule has 6 aliphatic rings. The second-order valence-electron chi connectivity index (χ2n) is 16.8. The van der Waals surface area contributed by atoms with E-state index in [1.807, 2.05) is 47.6 Å². The molecule has 4 aliphatic carbocycles. The van der Waals surface area contributed by atoms with Gasteiger partial charge in [-0.25, -0.2) is 0 Å². The number of hydrogen-bond donors (Lipinski definition) is 2. The lowest BCUT2D eigenvalue weighted by atomic mass is 9.33. The van der Waals surface area contributed by atoms with Crippen LogP contribution in [0.1, 0.15) is 104 Å². The normalized spacial score (nSPS) is 47.7. The first-order chi connectivity index (χ1) is 22.4. The molecule has 6 fully saturated rings. The standard InChI is InChI=1S/C37H50O11/c1-17(2)23(40)9-18(3)24-10-21(14-45-24)22-11-29-37(48-29)34(22,7)32(47-20(5)39)30(43)31-35(37,8)26(41)12-25-33(6)15-44-16-36(25,31)27(42)13-28(33)46-19(4)38/h10,14,17-18,22,25-29,31-32,41-42H,9,11-13,15-16H2,1-8H3/t18?,22-,25+,26-,27+,28-,29-,31+,32+,33-,34-,35-,36-,37-/m1/s1. The molecule has 7 rings (SSSR count). The van der Waals surface area contributed by atoms with Crippen LogP contribution in [0.5, 0.6) is 0 Å². The average Bonchev–Trinajstić information content (AvgIpc) is 3.41. The molecule has 14 atom stereocenters. The van der Waals surface area contributed by atoms with Gasteiger partial charge in [-0.2, -0.15) is 0 Å². The van der Waals surface area contributed by atoms with Crippen molar-refractivity contribution in [1.29, 1.82) is 0 Å². The predicted molar refractivity (Wildman–Crippen MR) is 168 cm³/mol. The number of aliphatic hydroxyl groups excluding tert-OH is 2. The fourth-order valence-corrected chi connectivity index (χ4v) is 11.9. The van der Waals surface area contributed by atoms with Crippen molar-refractivity contribution in [2.24, 2.45) is 39.4 Å². The number of hydrogen-bond acceptors (Lipinski definition) is 11. The van der Waals surface area contributed by atoms with Gasteiger partial charge in [0.15, 0.2) is 11.9 Å². The van der Waals surface area contributed by atoms with Crippen LogP contribution in [-0.2, 0) is 38.1 Å². The van der Waals surface area contributed by atoms with E-state index in [1.54, 1.807) is 6.26 Å². The highest BCUT2D eigenvalue weighted by atomic mass is 16.6. The Labute approximate surface area is 281 Å². The van der Waals surface area contributed by atoms with Gasteiger partial charge in [-0.15, -0.1) is 0 Å². The van der Waals surface area contributed by atoms with Crippen molar-refractivity contribution in [3.8, 4) is 0 Å². The maximum atomic E-state index is 15.3. The molecule has 1 aromatic rings. The van der Waals surface area contributed by atoms with E-state index in [1.165, 1.54) is 13.8 Å². The molecule has 264 valence electrons. The monoisotopic (exact) mass is 670 g/mol. The highest BCUT2D eigenvalue weighted by Gasteiger charge is 2.92. The average molecular weight is 671 g/mol. The summed E-state index contributed by atoms with van der Waals surface area (Å²) in [4.78, 5) is 52.8. The number of esters is 2. The molecule has 0 amide bonds. The van der Waals surface area contributed by atoms with Crippen molar-refractivity contribution >= 4 is 23.5 Å². The topological polar surface area (TPSA) is 162 Å². The SMILES string of the molecule is CC(=O)O[C@@H]1C[C@H](O)[C@@]23COC[C@]1(C)[C@@H]2C[C@@H](O)[C@]1(C)[C@@H]3C(=O)[C@H](OC(C)=O)[C@@]2(C)[C@@H](c3coc(C(C)CC(=O)C(C)C)c3)C[C@H]3O[C@@]312. The number of ketones is 2. The summed E-state index contributed by atoms with van der Waals surface area (Å²) in [5.41, 5.74) is -4.42. The van der Waals surface area contributed by atoms with Crippen LogP contribution >= 0.6 is 0 Å².